The van der Waals surface area contributed by atoms with Crippen molar-refractivity contribution >= 4 is 5.96 Å². The van der Waals surface area contributed by atoms with Gasteiger partial charge in [0, 0.05) is 32.8 Å². The van der Waals surface area contributed by atoms with E-state index in [-0.39, 0.29) is 0 Å². The number of ether oxygens (including phenoxy) is 1. The molecule has 0 radical (unpaired) electrons. The Morgan fingerprint density at radius 2 is 2.11 bits per heavy atom. The van der Waals surface area contributed by atoms with E-state index < -0.39 is 0 Å². The first-order valence-corrected chi connectivity index (χ1v) is 6.87. The van der Waals surface area contributed by atoms with Gasteiger partial charge < -0.3 is 20.3 Å². The maximum absolute atomic E-state index is 5.29. The quantitative estimate of drug-likeness (QED) is 0.378. The van der Waals surface area contributed by atoms with Gasteiger partial charge in [0.1, 0.15) is 0 Å². The van der Waals surface area contributed by atoms with Gasteiger partial charge in [0.2, 0.25) is 0 Å². The first-order chi connectivity index (χ1) is 8.69. The lowest BCUT2D eigenvalue weighted by Gasteiger charge is -2.25. The summed E-state index contributed by atoms with van der Waals surface area (Å²) in [6.07, 6.45) is 2.72. The van der Waals surface area contributed by atoms with Crippen molar-refractivity contribution in [2.75, 3.05) is 47.4 Å². The van der Waals surface area contributed by atoms with Gasteiger partial charge in [0.25, 0.3) is 0 Å². The molecule has 1 unspecified atom stereocenters. The summed E-state index contributed by atoms with van der Waals surface area (Å²) in [4.78, 5) is 6.52. The fraction of sp³-hybridized carbons (Fsp3) is 0.923. The molecule has 5 heteroatoms. The smallest absolute Gasteiger partial charge is 0.191 e. The molecule has 1 aliphatic carbocycles. The third kappa shape index (κ3) is 5.69. The molecule has 1 aliphatic rings. The highest BCUT2D eigenvalue weighted by Gasteiger charge is 2.32. The number of rotatable bonds is 8. The van der Waals surface area contributed by atoms with Crippen LogP contribution in [0, 0.1) is 5.92 Å². The van der Waals surface area contributed by atoms with Crippen LogP contribution in [-0.2, 0) is 4.74 Å². The molecule has 0 aliphatic heterocycles. The molecular weight excluding hydrogens is 228 g/mol. The lowest BCUT2D eigenvalue weighted by Crippen LogP contribution is -2.46. The number of aliphatic imine (C=N–C) groups is 1. The van der Waals surface area contributed by atoms with Crippen molar-refractivity contribution in [2.45, 2.75) is 25.8 Å². The maximum atomic E-state index is 5.29. The summed E-state index contributed by atoms with van der Waals surface area (Å²) in [5.74, 6) is 1.72. The van der Waals surface area contributed by atoms with Gasteiger partial charge >= 0.3 is 0 Å². The Labute approximate surface area is 111 Å². The van der Waals surface area contributed by atoms with Gasteiger partial charge in [-0.25, -0.2) is 0 Å². The molecule has 1 atom stereocenters. The topological polar surface area (TPSA) is 48.9 Å². The van der Waals surface area contributed by atoms with Crippen LogP contribution in [0.1, 0.15) is 19.8 Å². The van der Waals surface area contributed by atoms with Crippen molar-refractivity contribution in [3.63, 3.8) is 0 Å². The van der Waals surface area contributed by atoms with Crippen LogP contribution in [0.15, 0.2) is 4.99 Å². The molecule has 5 nitrogen and oxygen atoms in total. The average molecular weight is 256 g/mol. The van der Waals surface area contributed by atoms with E-state index in [9.17, 15) is 0 Å². The van der Waals surface area contributed by atoms with Gasteiger partial charge in [-0.2, -0.15) is 0 Å². The predicted molar refractivity (Wildman–Crippen MR) is 76.1 cm³/mol. The van der Waals surface area contributed by atoms with E-state index in [1.54, 1.807) is 7.05 Å². The van der Waals surface area contributed by atoms with Crippen molar-refractivity contribution in [2.24, 2.45) is 10.9 Å². The predicted octanol–water partition coefficient (Wildman–Crippen LogP) is 0.528. The fourth-order valence-corrected chi connectivity index (χ4v) is 2.06. The summed E-state index contributed by atoms with van der Waals surface area (Å²) >= 11 is 0. The Kier molecular flexibility index (Phi) is 7.05. The summed E-state index contributed by atoms with van der Waals surface area (Å²) in [5, 5.41) is 6.64. The summed E-state index contributed by atoms with van der Waals surface area (Å²) in [5.41, 5.74) is 0. The number of likely N-dealkylation sites (N-methyl/N-ethyl adjacent to an activating group) is 1. The molecule has 106 valence electrons. The highest BCUT2D eigenvalue weighted by atomic mass is 16.5. The molecule has 0 amide bonds. The molecule has 0 heterocycles. The highest BCUT2D eigenvalue weighted by Crippen LogP contribution is 2.34. The summed E-state index contributed by atoms with van der Waals surface area (Å²) in [7, 11) is 6.10. The Morgan fingerprint density at radius 3 is 2.61 bits per heavy atom. The molecule has 1 rings (SSSR count). The Bertz CT molecular complexity index is 249. The van der Waals surface area contributed by atoms with Gasteiger partial charge in [-0.05, 0) is 39.8 Å². The third-order valence-corrected chi connectivity index (χ3v) is 3.27. The standard InChI is InChI=1S/C13H28N4O/c1-5-18-9-8-15-13(14-2)16-10-12(17(3)4)11-6-7-11/h11-12H,5-10H2,1-4H3,(H2,14,15,16). The zero-order valence-electron chi connectivity index (χ0n) is 12.2. The molecule has 1 saturated carbocycles. The minimum atomic E-state index is 0.607. The van der Waals surface area contributed by atoms with Gasteiger partial charge in [0.05, 0.1) is 6.61 Å². The second-order valence-electron chi connectivity index (χ2n) is 4.95. The molecular formula is C13H28N4O. The molecule has 0 spiro atoms. The molecule has 0 aromatic heterocycles. The monoisotopic (exact) mass is 256 g/mol. The Morgan fingerprint density at radius 1 is 1.39 bits per heavy atom. The van der Waals surface area contributed by atoms with Crippen LogP contribution in [-0.4, -0.2) is 64.3 Å². The van der Waals surface area contributed by atoms with Crippen LogP contribution in [0.3, 0.4) is 0 Å². The largest absolute Gasteiger partial charge is 0.380 e. The van der Waals surface area contributed by atoms with Crippen molar-refractivity contribution in [1.29, 1.82) is 0 Å². The van der Waals surface area contributed by atoms with Gasteiger partial charge in [-0.3, -0.25) is 4.99 Å². The van der Waals surface area contributed by atoms with E-state index in [1.807, 2.05) is 6.92 Å². The van der Waals surface area contributed by atoms with E-state index in [1.165, 1.54) is 12.8 Å². The second-order valence-corrected chi connectivity index (χ2v) is 4.95. The number of guanidine groups is 1. The first-order valence-electron chi connectivity index (χ1n) is 6.87. The maximum Gasteiger partial charge on any atom is 0.191 e. The molecule has 2 N–H and O–H groups in total. The van der Waals surface area contributed by atoms with E-state index in [0.29, 0.717) is 6.04 Å². The van der Waals surface area contributed by atoms with Crippen LogP contribution >= 0.6 is 0 Å². The number of hydrogen-bond acceptors (Lipinski definition) is 3. The Balaban J connectivity index is 2.21. The van der Waals surface area contributed by atoms with Gasteiger partial charge in [0.15, 0.2) is 5.96 Å². The van der Waals surface area contributed by atoms with Crippen molar-refractivity contribution in [1.82, 2.24) is 15.5 Å². The average Bonchev–Trinajstić information content (AvgIpc) is 3.16. The van der Waals surface area contributed by atoms with E-state index >= 15 is 0 Å². The van der Waals surface area contributed by atoms with Crippen LogP contribution < -0.4 is 10.6 Å². The SMILES string of the molecule is CCOCCNC(=NC)NCC(C1CC1)N(C)C. The van der Waals surface area contributed by atoms with Crippen molar-refractivity contribution in [3.05, 3.63) is 0 Å². The summed E-state index contributed by atoms with van der Waals surface area (Å²) in [6, 6.07) is 0.607. The Hall–Kier alpha value is -0.810. The van der Waals surface area contributed by atoms with Crippen LogP contribution in [0.5, 0.6) is 0 Å². The molecule has 18 heavy (non-hydrogen) atoms. The number of nitrogens with zero attached hydrogens (tertiary/aromatic N) is 2. The fourth-order valence-electron chi connectivity index (χ4n) is 2.06. The molecule has 0 bridgehead atoms. The molecule has 0 saturated heterocycles. The lowest BCUT2D eigenvalue weighted by molar-refractivity contribution is 0.152. The highest BCUT2D eigenvalue weighted by molar-refractivity contribution is 5.79. The lowest BCUT2D eigenvalue weighted by atomic mass is 10.1. The third-order valence-electron chi connectivity index (χ3n) is 3.27. The van der Waals surface area contributed by atoms with Crippen LogP contribution in [0.2, 0.25) is 0 Å². The molecule has 0 aromatic carbocycles. The van der Waals surface area contributed by atoms with Crippen LogP contribution in [0.4, 0.5) is 0 Å². The van der Waals surface area contributed by atoms with Crippen molar-refractivity contribution in [3.8, 4) is 0 Å². The molecule has 1 fully saturated rings. The normalized spacial score (nSPS) is 17.9. The van der Waals surface area contributed by atoms with Crippen molar-refractivity contribution < 1.29 is 4.74 Å². The summed E-state index contributed by atoms with van der Waals surface area (Å²) < 4.78 is 5.29. The van der Waals surface area contributed by atoms with E-state index in [0.717, 1.165) is 38.2 Å². The van der Waals surface area contributed by atoms with Gasteiger partial charge in [-0.1, -0.05) is 0 Å². The van der Waals surface area contributed by atoms with E-state index in [4.69, 9.17) is 4.74 Å². The zero-order valence-corrected chi connectivity index (χ0v) is 12.2. The number of hydrogen-bond donors (Lipinski definition) is 2. The second kappa shape index (κ2) is 8.32. The van der Waals surface area contributed by atoms with E-state index in [2.05, 4.69) is 34.6 Å². The number of nitrogens with one attached hydrogen (secondary N) is 2. The zero-order chi connectivity index (χ0) is 13.4. The molecule has 0 aromatic rings. The summed E-state index contributed by atoms with van der Waals surface area (Å²) in [6.45, 7) is 5.23. The minimum absolute atomic E-state index is 0.607. The van der Waals surface area contributed by atoms with Crippen LogP contribution in [0.25, 0.3) is 0 Å². The minimum Gasteiger partial charge on any atom is -0.380 e. The van der Waals surface area contributed by atoms with Gasteiger partial charge in [-0.15, -0.1) is 0 Å². The first kappa shape index (κ1) is 15.2.